The number of halogens is 22. The number of carbonyl (C=O) groups is 2. The van der Waals surface area contributed by atoms with Crippen molar-refractivity contribution >= 4 is 50.2 Å². The van der Waals surface area contributed by atoms with Gasteiger partial charge in [0.2, 0.25) is 0 Å². The third kappa shape index (κ3) is 32.4. The number of ether oxygens (including phenoxy) is 2. The third-order valence-electron chi connectivity index (χ3n) is 25.5. The molecule has 17 rings (SSSR count). The van der Waals surface area contributed by atoms with Gasteiger partial charge in [-0.2, -0.15) is 79.4 Å². The molecule has 11 nitrogen and oxygen atoms in total. The van der Waals surface area contributed by atoms with E-state index in [-0.39, 0.29) is 127 Å². The van der Waals surface area contributed by atoms with Crippen molar-refractivity contribution in [2.24, 2.45) is 28.7 Å². The molecule has 0 fully saturated rings. The summed E-state index contributed by atoms with van der Waals surface area (Å²) < 4.78 is 269. The molecule has 142 heavy (non-hydrogen) atoms. The molecule has 0 spiro atoms. The van der Waals surface area contributed by atoms with Crippen LogP contribution in [0.25, 0.3) is 0 Å². The highest BCUT2D eigenvalue weighted by molar-refractivity contribution is 7.59. The maximum Gasteiger partial charge on any atom is 0.416 e. The molecule has 5 aliphatic rings. The van der Waals surface area contributed by atoms with Gasteiger partial charge in [0.25, 0.3) is 0 Å². The standard InChI is InChI=1S/5C18H17F4N.2C9H10O3.2ClH.H2S/c5*19-14-5-6-15-12(10-14)4-7-17(23)16(15)9-11-2-1-3-13(8-11)18(20,21)22;2*1-12-8(9(10)11)7-5-3-2-4-6-7;;;/h5*1-3,5-6,8,10,16-17H,4,7,9,23H2;2*2-6,8H,1H3,(H,10,11);2*1H;1H2/t;;;;;2*8-;;;/m.....10.../s1. The van der Waals surface area contributed by atoms with Crippen LogP contribution in [0.4, 0.5) is 87.8 Å². The fourth-order valence-corrected chi connectivity index (χ4v) is 18.5. The van der Waals surface area contributed by atoms with E-state index in [1.165, 1.54) is 136 Å². The van der Waals surface area contributed by atoms with Gasteiger partial charge < -0.3 is 48.4 Å². The van der Waals surface area contributed by atoms with Gasteiger partial charge in [0.1, 0.15) is 29.1 Å². The van der Waals surface area contributed by atoms with Crippen LogP contribution in [0.2, 0.25) is 0 Å². The molecule has 0 heterocycles. The van der Waals surface area contributed by atoms with E-state index >= 15 is 0 Å². The monoisotopic (exact) mass is 2050 g/mol. The predicted molar refractivity (Wildman–Crippen MR) is 515 cm³/mol. The number of hydrogen-bond donors (Lipinski definition) is 7. The van der Waals surface area contributed by atoms with Crippen molar-refractivity contribution in [2.45, 2.75) is 199 Å². The molecule has 34 heteroatoms. The van der Waals surface area contributed by atoms with Crippen LogP contribution in [0.5, 0.6) is 0 Å². The number of benzene rings is 12. The summed E-state index contributed by atoms with van der Waals surface area (Å²) in [6, 6.07) is 66.6. The Morgan fingerprint density at radius 1 is 0.282 bits per heavy atom. The van der Waals surface area contributed by atoms with Crippen LogP contribution in [-0.4, -0.2) is 66.6 Å². The number of hydrogen-bond acceptors (Lipinski definition) is 9. The molecule has 0 aliphatic heterocycles. The Balaban J connectivity index is 0.000000204. The van der Waals surface area contributed by atoms with Gasteiger partial charge in [-0.05, 0) is 282 Å². The second kappa shape index (κ2) is 51.9. The van der Waals surface area contributed by atoms with Gasteiger partial charge in [0, 0.05) is 74.0 Å². The van der Waals surface area contributed by atoms with Crippen LogP contribution in [0.1, 0.15) is 196 Å². The zero-order chi connectivity index (χ0) is 101. The maximum atomic E-state index is 13.4. The van der Waals surface area contributed by atoms with Crippen molar-refractivity contribution < 1.29 is 117 Å². The Hall–Kier alpha value is -11.2. The number of fused-ring (bicyclic) bond motifs is 5. The molecular formula is C108H109Cl2F20N5O6S. The van der Waals surface area contributed by atoms with E-state index in [1.807, 2.05) is 12.1 Å². The van der Waals surface area contributed by atoms with Gasteiger partial charge in [0.15, 0.2) is 12.2 Å². The van der Waals surface area contributed by atoms with Crippen molar-refractivity contribution in [2.75, 3.05) is 14.2 Å². The van der Waals surface area contributed by atoms with E-state index in [4.69, 9.17) is 48.4 Å². The number of alkyl halides is 15. The first-order valence-corrected chi connectivity index (χ1v) is 44.8. The minimum Gasteiger partial charge on any atom is -0.479 e. The van der Waals surface area contributed by atoms with E-state index in [0.717, 1.165) is 86.0 Å². The number of aryl methyl sites for hydroxylation is 5. The van der Waals surface area contributed by atoms with E-state index in [9.17, 15) is 97.4 Å². The largest absolute Gasteiger partial charge is 0.479 e. The zero-order valence-corrected chi connectivity index (χ0v) is 79.4. The van der Waals surface area contributed by atoms with Crippen molar-refractivity contribution in [3.63, 3.8) is 0 Å². The summed E-state index contributed by atoms with van der Waals surface area (Å²) in [6.45, 7) is 0. The Labute approximate surface area is 829 Å². The van der Waals surface area contributed by atoms with Crippen molar-refractivity contribution in [1.82, 2.24) is 0 Å². The fraction of sp³-hybridized carbons (Fsp3) is 0.315. The summed E-state index contributed by atoms with van der Waals surface area (Å²) in [4.78, 5) is 21.2. The van der Waals surface area contributed by atoms with Gasteiger partial charge >= 0.3 is 42.8 Å². The molecule has 0 aromatic heterocycles. The molecule has 10 unspecified atom stereocenters. The lowest BCUT2D eigenvalue weighted by Crippen LogP contribution is -2.34. The summed E-state index contributed by atoms with van der Waals surface area (Å²) >= 11 is 0. The summed E-state index contributed by atoms with van der Waals surface area (Å²) in [5.74, 6) is -3.88. The maximum absolute atomic E-state index is 13.4. The summed E-state index contributed by atoms with van der Waals surface area (Å²) in [5.41, 5.74) is 41.2. The molecule has 0 saturated heterocycles. The topological polar surface area (TPSA) is 223 Å². The number of rotatable bonds is 16. The normalized spacial score (nSPS) is 19.2. The lowest BCUT2D eigenvalue weighted by Gasteiger charge is -2.31. The molecule has 5 aliphatic carbocycles. The average molecular weight is 2060 g/mol. The Kier molecular flexibility index (Phi) is 42.4. The zero-order valence-electron chi connectivity index (χ0n) is 76.8. The van der Waals surface area contributed by atoms with Crippen LogP contribution in [0.15, 0.2) is 273 Å². The van der Waals surface area contributed by atoms with Crippen molar-refractivity contribution in [3.8, 4) is 0 Å². The van der Waals surface area contributed by atoms with E-state index in [1.54, 1.807) is 109 Å². The van der Waals surface area contributed by atoms with Gasteiger partial charge in [-0.3, -0.25) is 0 Å². The molecule has 0 saturated carbocycles. The SMILES string of the molecule is CO[C@@H](C(=O)O)c1ccccc1.CO[C@H](C(=O)O)c1ccccc1.Cl.Cl.NC1CCc2cc(F)ccc2C1Cc1cccc(C(F)(F)F)c1.NC1CCc2cc(F)ccc2C1Cc1cccc(C(F)(F)F)c1.NC1CCc2cc(F)ccc2C1Cc1cccc(C(F)(F)F)c1.NC1CCc2cc(F)ccc2C1Cc1cccc(C(F)(F)F)c1.NC1CCc2cc(F)ccc2C1Cc1cccc(C(F)(F)F)c1.S. The van der Waals surface area contributed by atoms with E-state index in [2.05, 4.69) is 0 Å². The number of carboxylic acid groups (broad SMARTS) is 2. The van der Waals surface area contributed by atoms with Gasteiger partial charge in [-0.25, -0.2) is 31.5 Å². The third-order valence-corrected chi connectivity index (χ3v) is 25.5. The van der Waals surface area contributed by atoms with E-state index < -0.39 is 82.8 Å². The first-order valence-electron chi connectivity index (χ1n) is 44.8. The molecule has 12 aromatic carbocycles. The minimum atomic E-state index is -4.36. The molecule has 12 aromatic rings. The highest BCUT2D eigenvalue weighted by Crippen LogP contribution is 2.44. The minimum absolute atomic E-state index is 0. The summed E-state index contributed by atoms with van der Waals surface area (Å²) in [5, 5.41) is 17.4. The number of nitrogens with two attached hydrogens (primary N) is 5. The molecule has 0 bridgehead atoms. The van der Waals surface area contributed by atoms with Gasteiger partial charge in [-0.1, -0.05) is 182 Å². The second-order valence-corrected chi connectivity index (χ2v) is 35.0. The highest BCUT2D eigenvalue weighted by Gasteiger charge is 2.39. The summed E-state index contributed by atoms with van der Waals surface area (Å²) in [6.07, 6.45) is -14.3. The molecule has 12 atom stereocenters. The van der Waals surface area contributed by atoms with Gasteiger partial charge in [-0.15, -0.1) is 24.8 Å². The first-order chi connectivity index (χ1) is 65.7. The molecular weight excluding hydrogens is 1950 g/mol. The number of carboxylic acids is 2. The smallest absolute Gasteiger partial charge is 0.416 e. The van der Waals surface area contributed by atoms with Crippen LogP contribution in [-0.2, 0) is 114 Å². The van der Waals surface area contributed by atoms with Crippen molar-refractivity contribution in [3.05, 3.63) is 424 Å². The molecule has 762 valence electrons. The van der Waals surface area contributed by atoms with Gasteiger partial charge in [0.05, 0.1) is 27.8 Å². The average Bonchev–Trinajstić information content (AvgIpc) is 0.805. The van der Waals surface area contributed by atoms with E-state index in [0.29, 0.717) is 135 Å². The molecule has 0 amide bonds. The Morgan fingerprint density at radius 3 is 0.613 bits per heavy atom. The number of methoxy groups -OCH3 is 2. The van der Waals surface area contributed by atoms with Crippen LogP contribution < -0.4 is 28.7 Å². The van der Waals surface area contributed by atoms with Crippen LogP contribution >= 0.6 is 38.3 Å². The van der Waals surface area contributed by atoms with Crippen LogP contribution in [0.3, 0.4) is 0 Å². The first kappa shape index (κ1) is 116. The predicted octanol–water partition coefficient (Wildman–Crippen LogP) is 26.1. The van der Waals surface area contributed by atoms with Crippen molar-refractivity contribution in [1.29, 1.82) is 0 Å². The fourth-order valence-electron chi connectivity index (χ4n) is 18.5. The van der Waals surface area contributed by atoms with Crippen LogP contribution in [0, 0.1) is 29.1 Å². The molecule has 0 radical (unpaired) electrons. The highest BCUT2D eigenvalue weighted by atomic mass is 35.5. The quantitative estimate of drug-likeness (QED) is 0.0451. The second-order valence-electron chi connectivity index (χ2n) is 35.0. The number of aliphatic carboxylic acids is 2. The summed E-state index contributed by atoms with van der Waals surface area (Å²) in [7, 11) is 2.76. The lowest BCUT2D eigenvalue weighted by molar-refractivity contribution is -0.149. The molecule has 12 N–H and O–H groups in total. The Morgan fingerprint density at radius 2 is 0.458 bits per heavy atom. The Bertz CT molecular complexity index is 5330. The lowest BCUT2D eigenvalue weighted by atomic mass is 9.76.